The van der Waals surface area contributed by atoms with Crippen molar-refractivity contribution in [3.05, 3.63) is 72.2 Å². The van der Waals surface area contributed by atoms with Gasteiger partial charge >= 0.3 is 0 Å². The number of anilines is 1. The Hall–Kier alpha value is -2.60. The van der Waals surface area contributed by atoms with Crippen molar-refractivity contribution < 1.29 is 4.74 Å². The van der Waals surface area contributed by atoms with E-state index in [4.69, 9.17) is 4.74 Å². The second-order valence-corrected chi connectivity index (χ2v) is 6.04. The van der Waals surface area contributed by atoms with Gasteiger partial charge in [0, 0.05) is 24.1 Å². The van der Waals surface area contributed by atoms with Gasteiger partial charge in [-0.25, -0.2) is 9.97 Å². The van der Waals surface area contributed by atoms with E-state index in [0.29, 0.717) is 12.4 Å². The minimum atomic E-state index is 0.582. The molecule has 3 aromatic rings. The summed E-state index contributed by atoms with van der Waals surface area (Å²) in [6.45, 7) is 0.582. The van der Waals surface area contributed by atoms with Crippen LogP contribution in [0.15, 0.2) is 66.1 Å². The van der Waals surface area contributed by atoms with Gasteiger partial charge < -0.3 is 10.1 Å². The molecule has 1 N–H and O–H groups in total. The largest absolute Gasteiger partial charge is 0.481 e. The van der Waals surface area contributed by atoms with Crippen molar-refractivity contribution in [1.29, 1.82) is 0 Å². The standard InChI is InChI=1S/C18H18N4OS/c1-23-18-15(8-5-9-20-18)10-21-16-11-19-12-17(22-16)24-13-14-6-3-2-4-7-14/h2-9,11-12H,10,13H2,1H3,(H,21,22). The molecular weight excluding hydrogens is 320 g/mol. The molecule has 0 saturated carbocycles. The van der Waals surface area contributed by atoms with Crippen LogP contribution in [0.1, 0.15) is 11.1 Å². The summed E-state index contributed by atoms with van der Waals surface area (Å²) >= 11 is 1.67. The molecule has 2 aromatic heterocycles. The van der Waals surface area contributed by atoms with Crippen molar-refractivity contribution in [2.75, 3.05) is 12.4 Å². The van der Waals surface area contributed by atoms with Crippen molar-refractivity contribution in [1.82, 2.24) is 15.0 Å². The van der Waals surface area contributed by atoms with Gasteiger partial charge in [-0.05, 0) is 11.6 Å². The molecule has 0 aliphatic heterocycles. The second-order valence-electron chi connectivity index (χ2n) is 5.04. The molecule has 0 aliphatic rings. The van der Waals surface area contributed by atoms with Crippen LogP contribution in [0.5, 0.6) is 5.88 Å². The topological polar surface area (TPSA) is 59.9 Å². The zero-order valence-electron chi connectivity index (χ0n) is 13.3. The fourth-order valence-electron chi connectivity index (χ4n) is 2.16. The molecule has 0 radical (unpaired) electrons. The normalized spacial score (nSPS) is 10.4. The van der Waals surface area contributed by atoms with Crippen LogP contribution in [0.25, 0.3) is 0 Å². The Balaban J connectivity index is 1.61. The summed E-state index contributed by atoms with van der Waals surface area (Å²) in [5.41, 5.74) is 2.24. The molecule has 0 bridgehead atoms. The Kier molecular flexibility index (Phi) is 5.63. The Morgan fingerprint density at radius 2 is 1.96 bits per heavy atom. The van der Waals surface area contributed by atoms with E-state index in [-0.39, 0.29) is 0 Å². The van der Waals surface area contributed by atoms with Gasteiger partial charge in [-0.3, -0.25) is 4.98 Å². The van der Waals surface area contributed by atoms with Gasteiger partial charge in [0.15, 0.2) is 0 Å². The lowest BCUT2D eigenvalue weighted by molar-refractivity contribution is 0.393. The maximum atomic E-state index is 5.25. The lowest BCUT2D eigenvalue weighted by Crippen LogP contribution is -2.04. The molecule has 1 aromatic carbocycles. The average Bonchev–Trinajstić information content (AvgIpc) is 2.66. The van der Waals surface area contributed by atoms with E-state index >= 15 is 0 Å². The molecule has 6 heteroatoms. The third kappa shape index (κ3) is 4.45. The summed E-state index contributed by atoms with van der Waals surface area (Å²) in [5, 5.41) is 4.16. The molecule has 122 valence electrons. The zero-order valence-corrected chi connectivity index (χ0v) is 14.2. The van der Waals surface area contributed by atoms with Crippen molar-refractivity contribution in [3.63, 3.8) is 0 Å². The molecule has 2 heterocycles. The Bertz CT molecular complexity index is 783. The van der Waals surface area contributed by atoms with Crippen LogP contribution < -0.4 is 10.1 Å². The second kappa shape index (κ2) is 8.31. The number of methoxy groups -OCH3 is 1. The summed E-state index contributed by atoms with van der Waals surface area (Å²) in [6, 6.07) is 14.2. The Labute approximate surface area is 145 Å². The number of nitrogens with zero attached hydrogens (tertiary/aromatic N) is 3. The van der Waals surface area contributed by atoms with Crippen molar-refractivity contribution in [2.24, 2.45) is 0 Å². The van der Waals surface area contributed by atoms with Crippen LogP contribution in [0.3, 0.4) is 0 Å². The van der Waals surface area contributed by atoms with Gasteiger partial charge in [-0.1, -0.05) is 36.4 Å². The van der Waals surface area contributed by atoms with E-state index in [1.807, 2.05) is 30.3 Å². The first-order valence-corrected chi connectivity index (χ1v) is 8.54. The van der Waals surface area contributed by atoms with Crippen LogP contribution in [0.2, 0.25) is 0 Å². The van der Waals surface area contributed by atoms with E-state index in [1.54, 1.807) is 37.5 Å². The Morgan fingerprint density at radius 3 is 2.79 bits per heavy atom. The van der Waals surface area contributed by atoms with Crippen LogP contribution in [-0.2, 0) is 12.3 Å². The maximum absolute atomic E-state index is 5.25. The van der Waals surface area contributed by atoms with E-state index in [2.05, 4.69) is 32.4 Å². The molecule has 0 saturated heterocycles. The fourth-order valence-corrected chi connectivity index (χ4v) is 2.97. The summed E-state index contributed by atoms with van der Waals surface area (Å²) in [4.78, 5) is 13.0. The third-order valence-electron chi connectivity index (χ3n) is 3.35. The number of aromatic nitrogens is 3. The minimum absolute atomic E-state index is 0.582. The lowest BCUT2D eigenvalue weighted by Gasteiger charge is -2.09. The molecule has 0 unspecified atom stereocenters. The number of pyridine rings is 1. The van der Waals surface area contributed by atoms with Crippen molar-refractivity contribution >= 4 is 17.6 Å². The molecule has 0 aliphatic carbocycles. The van der Waals surface area contributed by atoms with Gasteiger partial charge in [-0.15, -0.1) is 11.8 Å². The first-order valence-electron chi connectivity index (χ1n) is 7.55. The van der Waals surface area contributed by atoms with Crippen molar-refractivity contribution in [3.8, 4) is 5.88 Å². The summed E-state index contributed by atoms with van der Waals surface area (Å²) in [6.07, 6.45) is 5.21. The highest BCUT2D eigenvalue weighted by Crippen LogP contribution is 2.21. The highest BCUT2D eigenvalue weighted by Gasteiger charge is 2.05. The number of nitrogens with one attached hydrogen (secondary N) is 1. The molecule has 0 fully saturated rings. The molecule has 0 spiro atoms. The lowest BCUT2D eigenvalue weighted by atomic mass is 10.2. The van der Waals surface area contributed by atoms with E-state index in [9.17, 15) is 0 Å². The van der Waals surface area contributed by atoms with Crippen LogP contribution >= 0.6 is 11.8 Å². The number of rotatable bonds is 7. The summed E-state index contributed by atoms with van der Waals surface area (Å²) < 4.78 is 5.25. The summed E-state index contributed by atoms with van der Waals surface area (Å²) in [5.74, 6) is 2.22. The molecule has 24 heavy (non-hydrogen) atoms. The van der Waals surface area contributed by atoms with Crippen LogP contribution in [0.4, 0.5) is 5.82 Å². The van der Waals surface area contributed by atoms with Crippen molar-refractivity contribution in [2.45, 2.75) is 17.3 Å². The van der Waals surface area contributed by atoms with Gasteiger partial charge in [0.25, 0.3) is 0 Å². The highest BCUT2D eigenvalue weighted by atomic mass is 32.2. The van der Waals surface area contributed by atoms with Gasteiger partial charge in [0.2, 0.25) is 5.88 Å². The smallest absolute Gasteiger partial charge is 0.218 e. The maximum Gasteiger partial charge on any atom is 0.218 e. The quantitative estimate of drug-likeness (QED) is 0.662. The van der Waals surface area contributed by atoms with Gasteiger partial charge in [-0.2, -0.15) is 0 Å². The number of thioether (sulfide) groups is 1. The first-order chi connectivity index (χ1) is 11.8. The zero-order chi connectivity index (χ0) is 16.6. The van der Waals surface area contributed by atoms with Gasteiger partial charge in [0.1, 0.15) is 10.8 Å². The highest BCUT2D eigenvalue weighted by molar-refractivity contribution is 7.98. The SMILES string of the molecule is COc1ncccc1CNc1cncc(SCc2ccccc2)n1. The fraction of sp³-hybridized carbons (Fsp3) is 0.167. The number of ether oxygens (including phenoxy) is 1. The minimum Gasteiger partial charge on any atom is -0.481 e. The molecule has 0 atom stereocenters. The number of hydrogen-bond donors (Lipinski definition) is 1. The average molecular weight is 338 g/mol. The predicted molar refractivity (Wildman–Crippen MR) is 96.2 cm³/mol. The number of hydrogen-bond acceptors (Lipinski definition) is 6. The van der Waals surface area contributed by atoms with E-state index in [0.717, 1.165) is 22.2 Å². The Morgan fingerprint density at radius 1 is 1.08 bits per heavy atom. The third-order valence-corrected chi connectivity index (χ3v) is 4.32. The van der Waals surface area contributed by atoms with Crippen LogP contribution in [0, 0.1) is 0 Å². The van der Waals surface area contributed by atoms with Gasteiger partial charge in [0.05, 0.1) is 19.5 Å². The summed E-state index contributed by atoms with van der Waals surface area (Å²) in [7, 11) is 1.62. The number of benzene rings is 1. The molecule has 5 nitrogen and oxygen atoms in total. The van der Waals surface area contributed by atoms with E-state index < -0.39 is 0 Å². The molecular formula is C18H18N4OS. The van der Waals surface area contributed by atoms with Crippen LogP contribution in [-0.4, -0.2) is 22.1 Å². The predicted octanol–water partition coefficient (Wildman–Crippen LogP) is 3.78. The molecule has 0 amide bonds. The van der Waals surface area contributed by atoms with E-state index in [1.165, 1.54) is 5.56 Å². The molecule has 3 rings (SSSR count). The monoisotopic (exact) mass is 338 g/mol. The first kappa shape index (κ1) is 16.3.